The first-order chi connectivity index (χ1) is 12.7. The summed E-state index contributed by atoms with van der Waals surface area (Å²) in [5.41, 5.74) is 4.18. The molecule has 0 spiro atoms. The van der Waals surface area contributed by atoms with E-state index in [1.165, 1.54) is 0 Å². The second-order valence-electron chi connectivity index (χ2n) is 6.39. The van der Waals surface area contributed by atoms with Gasteiger partial charge in [-0.2, -0.15) is 11.3 Å². The van der Waals surface area contributed by atoms with E-state index in [1.807, 2.05) is 35.0 Å². The van der Waals surface area contributed by atoms with Gasteiger partial charge in [-0.15, -0.1) is 11.3 Å². The number of thiophene rings is 1. The Kier molecular flexibility index (Phi) is 3.83. The molecule has 1 fully saturated rings. The summed E-state index contributed by atoms with van der Waals surface area (Å²) in [7, 11) is 0. The average molecular weight is 381 g/mol. The van der Waals surface area contributed by atoms with E-state index in [0.29, 0.717) is 5.92 Å². The molecular weight excluding hydrogens is 366 g/mol. The maximum absolute atomic E-state index is 12.3. The van der Waals surface area contributed by atoms with Crippen LogP contribution in [0.1, 0.15) is 30.3 Å². The fourth-order valence-electron chi connectivity index (χ4n) is 2.80. The number of hydrogen-bond acceptors (Lipinski definition) is 6. The normalized spacial score (nSPS) is 14.0. The second kappa shape index (κ2) is 6.34. The fourth-order valence-corrected chi connectivity index (χ4v) is 4.34. The van der Waals surface area contributed by atoms with Gasteiger partial charge in [0.15, 0.2) is 11.5 Å². The van der Waals surface area contributed by atoms with Crippen LogP contribution in [0.4, 0.5) is 5.69 Å². The van der Waals surface area contributed by atoms with E-state index in [2.05, 4.69) is 20.7 Å². The van der Waals surface area contributed by atoms with E-state index >= 15 is 0 Å². The minimum Gasteiger partial charge on any atom is -0.440 e. The molecule has 26 heavy (non-hydrogen) atoms. The van der Waals surface area contributed by atoms with E-state index in [1.54, 1.807) is 22.7 Å². The largest absolute Gasteiger partial charge is 0.440 e. The van der Waals surface area contributed by atoms with Crippen molar-refractivity contribution in [3.63, 3.8) is 0 Å². The number of oxazole rings is 1. The predicted molar refractivity (Wildman–Crippen MR) is 104 cm³/mol. The molecule has 1 aromatic carbocycles. The van der Waals surface area contributed by atoms with Gasteiger partial charge in [0.1, 0.15) is 10.5 Å². The monoisotopic (exact) mass is 381 g/mol. The van der Waals surface area contributed by atoms with Crippen molar-refractivity contribution < 1.29 is 9.21 Å². The molecule has 1 saturated carbocycles. The molecule has 1 amide bonds. The Labute approximate surface area is 157 Å². The number of benzene rings is 1. The Bertz CT molecular complexity index is 1080. The number of nitrogens with zero attached hydrogens (tertiary/aromatic N) is 2. The third-order valence-corrected chi connectivity index (χ3v) is 5.90. The van der Waals surface area contributed by atoms with Crippen molar-refractivity contribution in [3.8, 4) is 10.6 Å². The highest BCUT2D eigenvalue weighted by atomic mass is 32.1. The summed E-state index contributed by atoms with van der Waals surface area (Å²) in [6.45, 7) is 0. The number of amides is 1. The zero-order chi connectivity index (χ0) is 17.5. The van der Waals surface area contributed by atoms with Gasteiger partial charge < -0.3 is 9.73 Å². The van der Waals surface area contributed by atoms with Crippen molar-refractivity contribution in [1.82, 2.24) is 9.97 Å². The Morgan fingerprint density at radius 1 is 1.23 bits per heavy atom. The maximum Gasteiger partial charge on any atom is 0.230 e. The van der Waals surface area contributed by atoms with Gasteiger partial charge in [-0.3, -0.25) is 4.79 Å². The maximum atomic E-state index is 12.3. The average Bonchev–Trinajstić information content (AvgIpc) is 3.03. The summed E-state index contributed by atoms with van der Waals surface area (Å²) in [4.78, 5) is 21.4. The summed E-state index contributed by atoms with van der Waals surface area (Å²) >= 11 is 3.20. The number of carbonyl (C=O) groups excluding carboxylic acids is 1. The van der Waals surface area contributed by atoms with E-state index in [-0.39, 0.29) is 12.3 Å². The summed E-state index contributed by atoms with van der Waals surface area (Å²) in [5, 5.41) is 9.90. The first-order valence-corrected chi connectivity index (χ1v) is 10.2. The molecule has 3 heterocycles. The second-order valence-corrected chi connectivity index (χ2v) is 8.03. The Morgan fingerprint density at radius 3 is 2.96 bits per heavy atom. The minimum atomic E-state index is -0.0857. The van der Waals surface area contributed by atoms with Gasteiger partial charge in [-0.05, 0) is 42.5 Å². The van der Waals surface area contributed by atoms with Crippen molar-refractivity contribution in [1.29, 1.82) is 0 Å². The summed E-state index contributed by atoms with van der Waals surface area (Å²) < 4.78 is 5.75. The molecule has 1 aliphatic rings. The zero-order valence-electron chi connectivity index (χ0n) is 13.8. The van der Waals surface area contributed by atoms with Gasteiger partial charge >= 0.3 is 0 Å². The van der Waals surface area contributed by atoms with Crippen LogP contribution in [0.15, 0.2) is 44.8 Å². The van der Waals surface area contributed by atoms with Gasteiger partial charge in [0.05, 0.1) is 12.1 Å². The Balaban J connectivity index is 1.28. The van der Waals surface area contributed by atoms with Gasteiger partial charge in [0.25, 0.3) is 0 Å². The van der Waals surface area contributed by atoms with Crippen LogP contribution in [-0.4, -0.2) is 15.9 Å². The van der Waals surface area contributed by atoms with Crippen LogP contribution in [0.25, 0.3) is 21.7 Å². The highest BCUT2D eigenvalue weighted by Gasteiger charge is 2.28. The van der Waals surface area contributed by atoms with E-state index in [0.717, 1.165) is 51.8 Å². The molecule has 0 atom stereocenters. The number of anilines is 1. The van der Waals surface area contributed by atoms with Crippen molar-refractivity contribution >= 4 is 45.4 Å². The van der Waals surface area contributed by atoms with Gasteiger partial charge in [-0.1, -0.05) is 0 Å². The predicted octanol–water partition coefficient (Wildman–Crippen LogP) is 5.07. The first kappa shape index (κ1) is 15.7. The number of thiazole rings is 1. The standard InChI is InChI=1S/C19H15N3O2S2/c23-17(8-14-10-26-19(21-14)12-5-6-25-9-12)20-13-3-4-16-15(7-13)22-18(24-16)11-1-2-11/h3-7,9-11H,1-2,8H2,(H,20,23). The Hall–Kier alpha value is -2.51. The number of aromatic nitrogens is 2. The molecule has 130 valence electrons. The van der Waals surface area contributed by atoms with Crippen molar-refractivity contribution in [2.45, 2.75) is 25.2 Å². The molecule has 0 unspecified atom stereocenters. The SMILES string of the molecule is O=C(Cc1csc(-c2ccsc2)n1)Nc1ccc2oc(C3CC3)nc2c1. The molecule has 4 aromatic rings. The molecule has 1 N–H and O–H groups in total. The summed E-state index contributed by atoms with van der Waals surface area (Å²) in [5.74, 6) is 1.20. The number of hydrogen-bond donors (Lipinski definition) is 1. The van der Waals surface area contributed by atoms with Crippen LogP contribution in [0.2, 0.25) is 0 Å². The number of carbonyl (C=O) groups is 1. The molecule has 0 saturated heterocycles. The molecule has 0 bridgehead atoms. The van der Waals surface area contributed by atoms with Crippen LogP contribution in [0.3, 0.4) is 0 Å². The molecule has 0 radical (unpaired) electrons. The van der Waals surface area contributed by atoms with Crippen molar-refractivity contribution in [3.05, 3.63) is 52.0 Å². The lowest BCUT2D eigenvalue weighted by Gasteiger charge is -2.03. The lowest BCUT2D eigenvalue weighted by Crippen LogP contribution is -2.14. The number of rotatable bonds is 5. The van der Waals surface area contributed by atoms with Crippen LogP contribution in [0, 0.1) is 0 Å². The zero-order valence-corrected chi connectivity index (χ0v) is 15.4. The lowest BCUT2D eigenvalue weighted by atomic mass is 10.2. The van der Waals surface area contributed by atoms with E-state index in [4.69, 9.17) is 4.42 Å². The first-order valence-electron chi connectivity index (χ1n) is 8.42. The molecule has 1 aliphatic carbocycles. The molecule has 7 heteroatoms. The molecular formula is C19H15N3O2S2. The third-order valence-electron chi connectivity index (χ3n) is 4.28. The van der Waals surface area contributed by atoms with Crippen molar-refractivity contribution in [2.75, 3.05) is 5.32 Å². The van der Waals surface area contributed by atoms with Gasteiger partial charge in [-0.25, -0.2) is 9.97 Å². The van der Waals surface area contributed by atoms with Crippen molar-refractivity contribution in [2.24, 2.45) is 0 Å². The van der Waals surface area contributed by atoms with Gasteiger partial charge in [0, 0.05) is 27.9 Å². The molecule has 0 aliphatic heterocycles. The van der Waals surface area contributed by atoms with E-state index < -0.39 is 0 Å². The quantitative estimate of drug-likeness (QED) is 0.524. The van der Waals surface area contributed by atoms with Crippen LogP contribution < -0.4 is 5.32 Å². The Morgan fingerprint density at radius 2 is 2.15 bits per heavy atom. The third kappa shape index (κ3) is 3.15. The molecule has 3 aromatic heterocycles. The fraction of sp³-hybridized carbons (Fsp3) is 0.211. The highest BCUT2D eigenvalue weighted by Crippen LogP contribution is 2.40. The topological polar surface area (TPSA) is 68.0 Å². The molecule has 5 rings (SSSR count). The summed E-state index contributed by atoms with van der Waals surface area (Å²) in [6.07, 6.45) is 2.56. The van der Waals surface area contributed by atoms with E-state index in [9.17, 15) is 4.79 Å². The van der Waals surface area contributed by atoms with Crippen LogP contribution in [-0.2, 0) is 11.2 Å². The highest BCUT2D eigenvalue weighted by molar-refractivity contribution is 7.14. The number of fused-ring (bicyclic) bond motifs is 1. The smallest absolute Gasteiger partial charge is 0.230 e. The van der Waals surface area contributed by atoms with Gasteiger partial charge in [0.2, 0.25) is 5.91 Å². The minimum absolute atomic E-state index is 0.0857. The van der Waals surface area contributed by atoms with Crippen LogP contribution in [0.5, 0.6) is 0 Å². The summed E-state index contributed by atoms with van der Waals surface area (Å²) in [6, 6.07) is 7.61. The lowest BCUT2D eigenvalue weighted by molar-refractivity contribution is -0.115. The number of nitrogens with one attached hydrogen (secondary N) is 1. The van der Waals surface area contributed by atoms with Crippen LogP contribution >= 0.6 is 22.7 Å². The molecule has 5 nitrogen and oxygen atoms in total.